The number of fused-ring (bicyclic) bond motifs is 1. The van der Waals surface area contributed by atoms with E-state index in [0.29, 0.717) is 11.1 Å². The van der Waals surface area contributed by atoms with Gasteiger partial charge in [-0.05, 0) is 24.0 Å². The molecule has 0 bridgehead atoms. The highest BCUT2D eigenvalue weighted by Crippen LogP contribution is 2.53. The molecule has 0 saturated carbocycles. The summed E-state index contributed by atoms with van der Waals surface area (Å²) in [4.78, 5) is 52.4. The molecule has 2 aliphatic heterocycles. The lowest BCUT2D eigenvalue weighted by molar-refractivity contribution is -0.384. The van der Waals surface area contributed by atoms with E-state index < -0.39 is 43.4 Å². The van der Waals surface area contributed by atoms with Crippen molar-refractivity contribution in [2.45, 2.75) is 21.0 Å². The Kier molecular flexibility index (Phi) is 8.64. The molecule has 1 saturated heterocycles. The van der Waals surface area contributed by atoms with Crippen molar-refractivity contribution in [2.75, 3.05) is 25.2 Å². The highest BCUT2D eigenvalue weighted by atomic mass is 35.6. The molecule has 0 unspecified atom stereocenters. The molecule has 1 aromatic carbocycles. The first-order chi connectivity index (χ1) is 16.4. The molecule has 0 radical (unpaired) electrons. The van der Waals surface area contributed by atoms with Crippen LogP contribution in [0.2, 0.25) is 0 Å². The Hall–Kier alpha value is -1.99. The molecule has 1 fully saturated rings. The third-order valence-electron chi connectivity index (χ3n) is 4.92. The largest absolute Gasteiger partial charge is 0.461 e. The van der Waals surface area contributed by atoms with Crippen molar-refractivity contribution >= 4 is 88.1 Å². The molecule has 2 atom stereocenters. The second kappa shape index (κ2) is 11.0. The van der Waals surface area contributed by atoms with Crippen LogP contribution in [0, 0.1) is 10.1 Å². The van der Waals surface area contributed by atoms with Gasteiger partial charge in [0, 0.05) is 36.6 Å². The number of esters is 2. The van der Waals surface area contributed by atoms with Crippen LogP contribution >= 0.6 is 58.3 Å². The number of amides is 1. The predicted molar refractivity (Wildman–Crippen MR) is 135 cm³/mol. The molecule has 15 heteroatoms. The third kappa shape index (κ3) is 6.05. The second-order valence-electron chi connectivity index (χ2n) is 7.27. The molecule has 2 aliphatic rings. The van der Waals surface area contributed by atoms with Crippen LogP contribution in [-0.4, -0.2) is 73.1 Å². The molecule has 2 heterocycles. The average molecular weight is 583 g/mol. The summed E-state index contributed by atoms with van der Waals surface area (Å²) in [6, 6.07) is 5.70. The van der Waals surface area contributed by atoms with Gasteiger partial charge in [-0.15, -0.1) is 23.5 Å². The van der Waals surface area contributed by atoms with Gasteiger partial charge < -0.3 is 9.47 Å². The molecule has 3 rings (SSSR count). The van der Waals surface area contributed by atoms with Crippen LogP contribution in [0.1, 0.15) is 12.5 Å². The lowest BCUT2D eigenvalue weighted by Gasteiger charge is -2.54. The predicted octanol–water partition coefficient (Wildman–Crippen LogP) is 3.72. The van der Waals surface area contributed by atoms with E-state index in [4.69, 9.17) is 44.3 Å². The SMILES string of the molecule is CS[C@@]1(N=Cc2ccc([N+](=O)[O-])cc2)C(=O)N2C(C(=O)OCC(Cl)(Cl)Cl)=C(COC(C)=O)CS[C@@H]21. The molecule has 188 valence electrons. The number of ether oxygens (including phenoxy) is 2. The number of hydrogen-bond acceptors (Lipinski definition) is 10. The van der Waals surface area contributed by atoms with Gasteiger partial charge in [-0.2, -0.15) is 0 Å². The Balaban J connectivity index is 1.89. The molecular weight excluding hydrogens is 565 g/mol. The van der Waals surface area contributed by atoms with E-state index in [2.05, 4.69) is 4.99 Å². The molecule has 35 heavy (non-hydrogen) atoms. The Bertz CT molecular complexity index is 1110. The summed E-state index contributed by atoms with van der Waals surface area (Å²) in [6.07, 6.45) is 3.16. The average Bonchev–Trinajstić information content (AvgIpc) is 2.80. The van der Waals surface area contributed by atoms with E-state index in [1.165, 1.54) is 65.8 Å². The summed E-state index contributed by atoms with van der Waals surface area (Å²) in [5.74, 6) is -1.68. The number of alkyl halides is 3. The smallest absolute Gasteiger partial charge is 0.355 e. The molecule has 0 N–H and O–H groups in total. The first-order valence-corrected chi connectivity index (χ1v) is 13.2. The first kappa shape index (κ1) is 27.6. The van der Waals surface area contributed by atoms with Crippen molar-refractivity contribution in [1.82, 2.24) is 4.90 Å². The normalized spacial score (nSPS) is 22.0. The lowest BCUT2D eigenvalue weighted by atomic mass is 10.0. The van der Waals surface area contributed by atoms with Gasteiger partial charge in [0.25, 0.3) is 11.6 Å². The number of halogens is 3. The molecule has 1 amide bonds. The van der Waals surface area contributed by atoms with Gasteiger partial charge in [0.15, 0.2) is 0 Å². The molecule has 0 aliphatic carbocycles. The lowest BCUT2D eigenvalue weighted by Crippen LogP contribution is -2.71. The quantitative estimate of drug-likeness (QED) is 0.112. The number of carbonyl (C=O) groups excluding carboxylic acids is 3. The number of nitro benzene ring substituents is 1. The van der Waals surface area contributed by atoms with Gasteiger partial charge in [-0.25, -0.2) is 4.79 Å². The first-order valence-electron chi connectivity index (χ1n) is 9.79. The zero-order chi connectivity index (χ0) is 26.0. The maximum atomic E-state index is 13.4. The van der Waals surface area contributed by atoms with Crippen LogP contribution in [0.4, 0.5) is 5.69 Å². The summed E-state index contributed by atoms with van der Waals surface area (Å²) in [6.45, 7) is 0.461. The van der Waals surface area contributed by atoms with Crippen molar-refractivity contribution in [3.05, 3.63) is 51.2 Å². The molecule has 0 spiro atoms. The Morgan fingerprint density at radius 3 is 2.54 bits per heavy atom. The number of nitrogens with zero attached hydrogens (tertiary/aromatic N) is 3. The molecule has 10 nitrogen and oxygen atoms in total. The summed E-state index contributed by atoms with van der Waals surface area (Å²) in [5, 5.41) is 10.3. The van der Waals surface area contributed by atoms with E-state index in [1.807, 2.05) is 0 Å². The van der Waals surface area contributed by atoms with E-state index >= 15 is 0 Å². The summed E-state index contributed by atoms with van der Waals surface area (Å²) < 4.78 is 8.30. The van der Waals surface area contributed by atoms with Gasteiger partial charge in [-0.3, -0.25) is 29.6 Å². The fraction of sp³-hybridized carbons (Fsp3) is 0.400. The fourth-order valence-electron chi connectivity index (χ4n) is 3.29. The number of benzene rings is 1. The van der Waals surface area contributed by atoms with Gasteiger partial charge in [0.1, 0.15) is 24.3 Å². The zero-order valence-electron chi connectivity index (χ0n) is 18.2. The van der Waals surface area contributed by atoms with Crippen molar-refractivity contribution in [2.24, 2.45) is 4.99 Å². The van der Waals surface area contributed by atoms with Crippen LogP contribution < -0.4 is 0 Å². The number of thioether (sulfide) groups is 2. The standard InChI is InChI=1S/C20H18Cl3N3O7S2/c1-11(27)32-8-13-9-35-18-20(34-2,24-7-12-3-5-14(6-4-12)26(30)31)17(29)25(18)15(13)16(28)33-10-19(21,22)23/h3-7,18H,8-10H2,1-2H3/t18-,20+/m1/s1. The second-order valence-corrected chi connectivity index (χ2v) is 11.9. The van der Waals surface area contributed by atoms with E-state index in [0.717, 1.165) is 0 Å². The van der Waals surface area contributed by atoms with Crippen LogP contribution in [0.3, 0.4) is 0 Å². The molecular formula is C20H18Cl3N3O7S2. The number of aliphatic imine (C=N–C) groups is 1. The number of nitro groups is 1. The minimum atomic E-state index is -1.86. The van der Waals surface area contributed by atoms with E-state index in [-0.39, 0.29) is 23.7 Å². The van der Waals surface area contributed by atoms with E-state index in [9.17, 15) is 24.5 Å². The van der Waals surface area contributed by atoms with Crippen LogP contribution in [0.5, 0.6) is 0 Å². The minimum absolute atomic E-state index is 0.0704. The third-order valence-corrected chi connectivity index (χ3v) is 7.90. The monoisotopic (exact) mass is 581 g/mol. The van der Waals surface area contributed by atoms with Crippen molar-refractivity contribution < 1.29 is 28.8 Å². The highest BCUT2D eigenvalue weighted by Gasteiger charge is 2.65. The molecule has 0 aromatic heterocycles. The van der Waals surface area contributed by atoms with Gasteiger partial charge in [-0.1, -0.05) is 34.8 Å². The van der Waals surface area contributed by atoms with Gasteiger partial charge in [0.2, 0.25) is 8.66 Å². The maximum absolute atomic E-state index is 13.4. The van der Waals surface area contributed by atoms with Crippen molar-refractivity contribution in [3.8, 4) is 0 Å². The molecule has 1 aromatic rings. The van der Waals surface area contributed by atoms with Crippen molar-refractivity contribution in [3.63, 3.8) is 0 Å². The fourth-order valence-corrected chi connectivity index (χ4v) is 6.00. The zero-order valence-corrected chi connectivity index (χ0v) is 22.1. The van der Waals surface area contributed by atoms with Gasteiger partial charge >= 0.3 is 11.9 Å². The number of β-lactam (4-membered cyclic amide) rings is 1. The highest BCUT2D eigenvalue weighted by molar-refractivity contribution is 8.05. The Morgan fingerprint density at radius 1 is 1.34 bits per heavy atom. The van der Waals surface area contributed by atoms with E-state index in [1.54, 1.807) is 6.26 Å². The van der Waals surface area contributed by atoms with Crippen LogP contribution in [0.25, 0.3) is 0 Å². The number of rotatable bonds is 8. The summed E-state index contributed by atoms with van der Waals surface area (Å²) in [5.41, 5.74) is 0.783. The summed E-state index contributed by atoms with van der Waals surface area (Å²) in [7, 11) is 0. The Labute approximate surface area is 223 Å². The van der Waals surface area contributed by atoms with Crippen molar-refractivity contribution in [1.29, 1.82) is 0 Å². The number of carbonyl (C=O) groups is 3. The van der Waals surface area contributed by atoms with Crippen LogP contribution in [0.15, 0.2) is 40.5 Å². The summed E-state index contributed by atoms with van der Waals surface area (Å²) >= 11 is 19.6. The Morgan fingerprint density at radius 2 is 2.00 bits per heavy atom. The van der Waals surface area contributed by atoms with Crippen LogP contribution in [-0.2, 0) is 23.9 Å². The van der Waals surface area contributed by atoms with Gasteiger partial charge in [0.05, 0.1) is 4.92 Å². The minimum Gasteiger partial charge on any atom is -0.461 e. The number of non-ortho nitro benzene ring substituents is 1. The maximum Gasteiger partial charge on any atom is 0.355 e. The topological polar surface area (TPSA) is 128 Å². The number of hydrogen-bond donors (Lipinski definition) is 0.